The van der Waals surface area contributed by atoms with Crippen LogP contribution >= 0.6 is 0 Å². The topological polar surface area (TPSA) is 92.5 Å². The van der Waals surface area contributed by atoms with Crippen molar-refractivity contribution in [1.82, 2.24) is 9.78 Å². The highest BCUT2D eigenvalue weighted by Crippen LogP contribution is 2.25. The average molecular weight is 323 g/mol. The molecule has 0 fully saturated rings. The van der Waals surface area contributed by atoms with Gasteiger partial charge in [-0.1, -0.05) is 0 Å². The minimum atomic E-state index is -3.74. The molecule has 1 aromatic carbocycles. The van der Waals surface area contributed by atoms with E-state index in [-0.39, 0.29) is 17.0 Å². The van der Waals surface area contributed by atoms with Gasteiger partial charge in [0, 0.05) is 13.6 Å². The minimum absolute atomic E-state index is 0.106. The Balaban J connectivity index is 2.47. The summed E-state index contributed by atoms with van der Waals surface area (Å²) in [6.45, 7) is 3.62. The third-order valence-electron chi connectivity index (χ3n) is 3.45. The first-order valence-electron chi connectivity index (χ1n) is 6.63. The van der Waals surface area contributed by atoms with Gasteiger partial charge in [-0.05, 0) is 38.1 Å². The minimum Gasteiger partial charge on any atom is -0.478 e. The predicted molar refractivity (Wildman–Crippen MR) is 81.6 cm³/mol. The monoisotopic (exact) mass is 323 g/mol. The van der Waals surface area contributed by atoms with Crippen molar-refractivity contribution in [3.8, 4) is 0 Å². The molecular weight excluding hydrogens is 306 g/mol. The molecule has 0 amide bonds. The first-order chi connectivity index (χ1) is 10.3. The van der Waals surface area contributed by atoms with Gasteiger partial charge in [-0.2, -0.15) is 5.10 Å². The highest BCUT2D eigenvalue weighted by molar-refractivity contribution is 7.92. The van der Waals surface area contributed by atoms with Crippen LogP contribution in [0.3, 0.4) is 0 Å². The van der Waals surface area contributed by atoms with Gasteiger partial charge in [-0.15, -0.1) is 0 Å². The lowest BCUT2D eigenvalue weighted by molar-refractivity contribution is 0.0697. The van der Waals surface area contributed by atoms with Gasteiger partial charge >= 0.3 is 5.97 Å². The maximum Gasteiger partial charge on any atom is 0.335 e. The summed E-state index contributed by atoms with van der Waals surface area (Å²) in [6.07, 6.45) is 1.32. The number of aromatic carboxylic acids is 1. The molecule has 22 heavy (non-hydrogen) atoms. The predicted octanol–water partition coefficient (Wildman–Crippen LogP) is 1.64. The summed E-state index contributed by atoms with van der Waals surface area (Å²) < 4.78 is 28.3. The molecule has 8 heteroatoms. The zero-order valence-electron chi connectivity index (χ0n) is 12.5. The second-order valence-electron chi connectivity index (χ2n) is 4.74. The lowest BCUT2D eigenvalue weighted by Gasteiger charge is -2.22. The van der Waals surface area contributed by atoms with Crippen LogP contribution in [0, 0.1) is 6.92 Å². The first-order valence-corrected chi connectivity index (χ1v) is 8.07. The lowest BCUT2D eigenvalue weighted by atomic mass is 10.2. The van der Waals surface area contributed by atoms with Crippen LogP contribution in [0.4, 0.5) is 5.69 Å². The summed E-state index contributed by atoms with van der Waals surface area (Å²) in [5.41, 5.74) is 1.06. The summed E-state index contributed by atoms with van der Waals surface area (Å²) >= 11 is 0. The van der Waals surface area contributed by atoms with E-state index in [0.717, 1.165) is 0 Å². The molecule has 7 nitrogen and oxygen atoms in total. The Morgan fingerprint density at radius 1 is 1.32 bits per heavy atom. The van der Waals surface area contributed by atoms with E-state index in [9.17, 15) is 13.2 Å². The number of nitrogens with zero attached hydrogens (tertiary/aromatic N) is 3. The largest absolute Gasteiger partial charge is 0.478 e. The molecule has 0 atom stereocenters. The molecule has 0 unspecified atom stereocenters. The molecule has 0 aliphatic heterocycles. The fraction of sp³-hybridized carbons (Fsp3) is 0.286. The number of benzene rings is 1. The smallest absolute Gasteiger partial charge is 0.335 e. The Labute approximate surface area is 128 Å². The second kappa shape index (κ2) is 5.80. The maximum absolute atomic E-state index is 12.8. The molecule has 118 valence electrons. The van der Waals surface area contributed by atoms with Crippen molar-refractivity contribution < 1.29 is 18.3 Å². The molecule has 0 saturated heterocycles. The maximum atomic E-state index is 12.8. The third kappa shape index (κ3) is 2.69. The number of rotatable bonds is 5. The van der Waals surface area contributed by atoms with E-state index in [4.69, 9.17) is 5.11 Å². The quantitative estimate of drug-likeness (QED) is 0.903. The SMILES string of the molecule is CCN(c1ccc(C(=O)O)cc1)S(=O)(=O)c1cnn(C)c1C. The Hall–Kier alpha value is -2.35. The van der Waals surface area contributed by atoms with Crippen LogP contribution < -0.4 is 4.31 Å². The first kappa shape index (κ1) is 16.0. The van der Waals surface area contributed by atoms with Crippen molar-refractivity contribution in [2.45, 2.75) is 18.7 Å². The van der Waals surface area contributed by atoms with E-state index in [2.05, 4.69) is 5.10 Å². The molecular formula is C14H17N3O4S. The number of hydrogen-bond donors (Lipinski definition) is 1. The van der Waals surface area contributed by atoms with E-state index in [0.29, 0.717) is 11.4 Å². The van der Waals surface area contributed by atoms with E-state index in [1.807, 2.05) is 0 Å². The standard InChI is InChI=1S/C14H17N3O4S/c1-4-17(12-7-5-11(6-8-12)14(18)19)22(20,21)13-9-15-16(3)10(13)2/h5-9H,4H2,1-3H3,(H,18,19). The molecule has 0 aliphatic carbocycles. The summed E-state index contributed by atoms with van der Waals surface area (Å²) in [7, 11) is -2.07. The Morgan fingerprint density at radius 2 is 1.91 bits per heavy atom. The lowest BCUT2D eigenvalue weighted by Crippen LogP contribution is -2.31. The number of aryl methyl sites for hydroxylation is 1. The highest BCUT2D eigenvalue weighted by Gasteiger charge is 2.27. The van der Waals surface area contributed by atoms with Crippen LogP contribution in [0.25, 0.3) is 0 Å². The van der Waals surface area contributed by atoms with Crippen LogP contribution in [-0.2, 0) is 17.1 Å². The van der Waals surface area contributed by atoms with Crippen molar-refractivity contribution in [3.63, 3.8) is 0 Å². The third-order valence-corrected chi connectivity index (χ3v) is 5.45. The summed E-state index contributed by atoms with van der Waals surface area (Å²) in [4.78, 5) is 11.0. The number of carboxylic acid groups (broad SMARTS) is 1. The molecule has 0 bridgehead atoms. The molecule has 2 rings (SSSR count). The van der Waals surface area contributed by atoms with Gasteiger partial charge in [0.15, 0.2) is 0 Å². The molecule has 0 radical (unpaired) electrons. The van der Waals surface area contributed by atoms with Gasteiger partial charge in [0.1, 0.15) is 4.90 Å². The zero-order valence-corrected chi connectivity index (χ0v) is 13.3. The van der Waals surface area contributed by atoms with Crippen LogP contribution in [0.5, 0.6) is 0 Å². The van der Waals surface area contributed by atoms with E-state index < -0.39 is 16.0 Å². The summed E-state index contributed by atoms with van der Waals surface area (Å²) in [5, 5.41) is 12.9. The molecule has 0 spiro atoms. The summed E-state index contributed by atoms with van der Waals surface area (Å²) in [5.74, 6) is -1.06. The fourth-order valence-corrected chi connectivity index (χ4v) is 3.77. The van der Waals surface area contributed by atoms with Crippen LogP contribution in [0.2, 0.25) is 0 Å². The molecule has 2 aromatic rings. The van der Waals surface area contributed by atoms with Crippen molar-refractivity contribution in [1.29, 1.82) is 0 Å². The summed E-state index contributed by atoms with van der Waals surface area (Å²) in [6, 6.07) is 5.73. The average Bonchev–Trinajstić information content (AvgIpc) is 2.80. The number of hydrogen-bond acceptors (Lipinski definition) is 4. The van der Waals surface area contributed by atoms with E-state index >= 15 is 0 Å². The van der Waals surface area contributed by atoms with Crippen molar-refractivity contribution in [2.75, 3.05) is 10.8 Å². The Bertz CT molecular complexity index is 794. The van der Waals surface area contributed by atoms with Crippen LogP contribution in [-0.4, -0.2) is 35.8 Å². The normalized spacial score (nSPS) is 11.4. The van der Waals surface area contributed by atoms with Gasteiger partial charge in [-0.25, -0.2) is 13.2 Å². The highest BCUT2D eigenvalue weighted by atomic mass is 32.2. The van der Waals surface area contributed by atoms with Gasteiger partial charge < -0.3 is 5.11 Å². The molecule has 1 N–H and O–H groups in total. The molecule has 1 heterocycles. The zero-order chi connectivity index (χ0) is 16.5. The van der Waals surface area contributed by atoms with E-state index in [1.165, 1.54) is 39.4 Å². The molecule has 0 saturated carbocycles. The van der Waals surface area contributed by atoms with Crippen LogP contribution in [0.15, 0.2) is 35.4 Å². The van der Waals surface area contributed by atoms with Gasteiger partial charge in [0.05, 0.1) is 23.1 Å². The Kier molecular flexibility index (Phi) is 4.23. The second-order valence-corrected chi connectivity index (χ2v) is 6.57. The van der Waals surface area contributed by atoms with Crippen molar-refractivity contribution in [3.05, 3.63) is 41.7 Å². The van der Waals surface area contributed by atoms with Crippen molar-refractivity contribution in [2.24, 2.45) is 7.05 Å². The van der Waals surface area contributed by atoms with Gasteiger partial charge in [-0.3, -0.25) is 8.99 Å². The number of aromatic nitrogens is 2. The number of sulfonamides is 1. The van der Waals surface area contributed by atoms with Gasteiger partial charge in [0.2, 0.25) is 0 Å². The number of anilines is 1. The van der Waals surface area contributed by atoms with Crippen LogP contribution in [0.1, 0.15) is 23.0 Å². The molecule has 0 aliphatic rings. The van der Waals surface area contributed by atoms with Gasteiger partial charge in [0.25, 0.3) is 10.0 Å². The Morgan fingerprint density at radius 3 is 2.32 bits per heavy atom. The molecule has 1 aromatic heterocycles. The van der Waals surface area contributed by atoms with E-state index in [1.54, 1.807) is 20.9 Å². The number of carboxylic acids is 1. The number of carbonyl (C=O) groups is 1. The fourth-order valence-electron chi connectivity index (χ4n) is 2.11. The van der Waals surface area contributed by atoms with Crippen molar-refractivity contribution >= 4 is 21.7 Å².